The zero-order chi connectivity index (χ0) is 11.5. The van der Waals surface area contributed by atoms with Crippen LogP contribution in [-0.4, -0.2) is 0 Å². The van der Waals surface area contributed by atoms with Crippen molar-refractivity contribution in [1.82, 2.24) is 0 Å². The van der Waals surface area contributed by atoms with Crippen molar-refractivity contribution in [2.24, 2.45) is 0 Å². The molecule has 0 saturated heterocycles. The summed E-state index contributed by atoms with van der Waals surface area (Å²) in [5, 5.41) is 0. The van der Waals surface area contributed by atoms with E-state index < -0.39 is 0 Å². The molecule has 2 N–H and O–H groups in total. The van der Waals surface area contributed by atoms with Crippen LogP contribution in [0.3, 0.4) is 0 Å². The van der Waals surface area contributed by atoms with Gasteiger partial charge in [0.15, 0.2) is 0 Å². The van der Waals surface area contributed by atoms with Gasteiger partial charge in [0, 0.05) is 15.5 Å². The van der Waals surface area contributed by atoms with E-state index in [4.69, 9.17) is 5.73 Å². The third kappa shape index (κ3) is 2.22. The molecule has 0 radical (unpaired) electrons. The topological polar surface area (TPSA) is 26.0 Å². The maximum absolute atomic E-state index is 5.90. The van der Waals surface area contributed by atoms with Crippen molar-refractivity contribution in [1.29, 1.82) is 0 Å². The van der Waals surface area contributed by atoms with E-state index in [2.05, 4.69) is 44.2 Å². The SMILES string of the molecule is Cc1ccccc1Sc1cccc(N)c1C. The Morgan fingerprint density at radius 1 is 0.875 bits per heavy atom. The summed E-state index contributed by atoms with van der Waals surface area (Å²) in [6, 6.07) is 14.5. The van der Waals surface area contributed by atoms with Crippen molar-refractivity contribution >= 4 is 17.4 Å². The van der Waals surface area contributed by atoms with Gasteiger partial charge in [0.1, 0.15) is 0 Å². The fourth-order valence-corrected chi connectivity index (χ4v) is 2.56. The van der Waals surface area contributed by atoms with Crippen LogP contribution in [0.5, 0.6) is 0 Å². The lowest BCUT2D eigenvalue weighted by Crippen LogP contribution is -1.90. The lowest BCUT2D eigenvalue weighted by molar-refractivity contribution is 1.26. The fraction of sp³-hybridized carbons (Fsp3) is 0.143. The zero-order valence-electron chi connectivity index (χ0n) is 9.53. The van der Waals surface area contributed by atoms with Gasteiger partial charge in [-0.25, -0.2) is 0 Å². The molecule has 0 aliphatic heterocycles. The molecule has 0 bridgehead atoms. The van der Waals surface area contributed by atoms with E-state index in [1.807, 2.05) is 12.1 Å². The average Bonchev–Trinajstić information content (AvgIpc) is 2.28. The van der Waals surface area contributed by atoms with E-state index in [-0.39, 0.29) is 0 Å². The minimum atomic E-state index is 0.860. The van der Waals surface area contributed by atoms with Gasteiger partial charge in [-0.15, -0.1) is 0 Å². The number of nitrogen functional groups attached to an aromatic ring is 1. The van der Waals surface area contributed by atoms with Crippen molar-refractivity contribution in [2.75, 3.05) is 5.73 Å². The van der Waals surface area contributed by atoms with Gasteiger partial charge in [-0.1, -0.05) is 36.0 Å². The Balaban J connectivity index is 2.35. The van der Waals surface area contributed by atoms with Crippen LogP contribution in [0.15, 0.2) is 52.3 Å². The summed E-state index contributed by atoms with van der Waals surface area (Å²) in [4.78, 5) is 2.52. The molecule has 2 aromatic carbocycles. The quantitative estimate of drug-likeness (QED) is 0.787. The third-order valence-electron chi connectivity index (χ3n) is 2.64. The minimum absolute atomic E-state index is 0.860. The van der Waals surface area contributed by atoms with Crippen LogP contribution in [0.2, 0.25) is 0 Å². The molecule has 0 saturated carbocycles. The van der Waals surface area contributed by atoms with Gasteiger partial charge in [0.2, 0.25) is 0 Å². The molecular formula is C14H15NS. The zero-order valence-corrected chi connectivity index (χ0v) is 10.3. The highest BCUT2D eigenvalue weighted by molar-refractivity contribution is 7.99. The summed E-state index contributed by atoms with van der Waals surface area (Å²) in [5.74, 6) is 0. The lowest BCUT2D eigenvalue weighted by atomic mass is 10.2. The van der Waals surface area contributed by atoms with Crippen LogP contribution >= 0.6 is 11.8 Å². The van der Waals surface area contributed by atoms with Crippen LogP contribution < -0.4 is 5.73 Å². The van der Waals surface area contributed by atoms with E-state index in [9.17, 15) is 0 Å². The largest absolute Gasteiger partial charge is 0.398 e. The highest BCUT2D eigenvalue weighted by atomic mass is 32.2. The number of hydrogen-bond acceptors (Lipinski definition) is 2. The van der Waals surface area contributed by atoms with Crippen LogP contribution in [-0.2, 0) is 0 Å². The number of hydrogen-bond donors (Lipinski definition) is 1. The first-order chi connectivity index (χ1) is 7.68. The first-order valence-electron chi connectivity index (χ1n) is 5.27. The van der Waals surface area contributed by atoms with E-state index >= 15 is 0 Å². The summed E-state index contributed by atoms with van der Waals surface area (Å²) in [6.45, 7) is 4.19. The van der Waals surface area contributed by atoms with Crippen molar-refractivity contribution < 1.29 is 0 Å². The number of aryl methyl sites for hydroxylation is 1. The molecule has 0 atom stereocenters. The molecule has 1 nitrogen and oxygen atoms in total. The standard InChI is InChI=1S/C14H15NS/c1-10-6-3-4-8-13(10)16-14-9-5-7-12(15)11(14)2/h3-9H,15H2,1-2H3. The first-order valence-corrected chi connectivity index (χ1v) is 6.08. The number of nitrogens with two attached hydrogens (primary N) is 1. The molecule has 16 heavy (non-hydrogen) atoms. The highest BCUT2D eigenvalue weighted by Crippen LogP contribution is 2.33. The van der Waals surface area contributed by atoms with Gasteiger partial charge >= 0.3 is 0 Å². The van der Waals surface area contributed by atoms with Crippen molar-refractivity contribution in [3.63, 3.8) is 0 Å². The Labute approximate surface area is 101 Å². The summed E-state index contributed by atoms with van der Waals surface area (Å²) in [5.41, 5.74) is 9.22. The molecule has 0 aliphatic carbocycles. The lowest BCUT2D eigenvalue weighted by Gasteiger charge is -2.09. The van der Waals surface area contributed by atoms with Gasteiger partial charge in [0.25, 0.3) is 0 Å². The summed E-state index contributed by atoms with van der Waals surface area (Å²) >= 11 is 1.77. The Morgan fingerprint density at radius 2 is 1.56 bits per heavy atom. The second kappa shape index (κ2) is 4.62. The molecule has 0 fully saturated rings. The van der Waals surface area contributed by atoms with Gasteiger partial charge in [0.05, 0.1) is 0 Å². The Bertz CT molecular complexity index is 506. The molecule has 0 spiro atoms. The first kappa shape index (κ1) is 11.1. The van der Waals surface area contributed by atoms with Gasteiger partial charge < -0.3 is 5.73 Å². The molecule has 0 aliphatic rings. The maximum Gasteiger partial charge on any atom is 0.0355 e. The third-order valence-corrected chi connectivity index (χ3v) is 3.98. The molecular weight excluding hydrogens is 214 g/mol. The number of rotatable bonds is 2. The Kier molecular flexibility index (Phi) is 3.20. The monoisotopic (exact) mass is 229 g/mol. The number of anilines is 1. The normalized spacial score (nSPS) is 10.4. The highest BCUT2D eigenvalue weighted by Gasteiger charge is 2.04. The molecule has 0 unspecified atom stereocenters. The van der Waals surface area contributed by atoms with E-state index in [0.29, 0.717) is 0 Å². The van der Waals surface area contributed by atoms with Gasteiger partial charge in [-0.05, 0) is 43.2 Å². The predicted molar refractivity (Wildman–Crippen MR) is 70.9 cm³/mol. The second-order valence-electron chi connectivity index (χ2n) is 3.84. The van der Waals surface area contributed by atoms with Crippen molar-refractivity contribution in [3.05, 3.63) is 53.6 Å². The molecule has 0 amide bonds. The van der Waals surface area contributed by atoms with Crippen LogP contribution in [0, 0.1) is 13.8 Å². The average molecular weight is 229 g/mol. The van der Waals surface area contributed by atoms with E-state index in [0.717, 1.165) is 11.3 Å². The Hall–Kier alpha value is -1.41. The van der Waals surface area contributed by atoms with Crippen LogP contribution in [0.4, 0.5) is 5.69 Å². The van der Waals surface area contributed by atoms with E-state index in [1.54, 1.807) is 11.8 Å². The van der Waals surface area contributed by atoms with E-state index in [1.165, 1.54) is 15.4 Å². The van der Waals surface area contributed by atoms with Crippen molar-refractivity contribution in [2.45, 2.75) is 23.6 Å². The Morgan fingerprint density at radius 3 is 2.31 bits per heavy atom. The molecule has 0 aromatic heterocycles. The minimum Gasteiger partial charge on any atom is -0.398 e. The van der Waals surface area contributed by atoms with Gasteiger partial charge in [-0.3, -0.25) is 0 Å². The number of benzene rings is 2. The molecule has 2 heteroatoms. The summed E-state index contributed by atoms with van der Waals surface area (Å²) in [7, 11) is 0. The van der Waals surface area contributed by atoms with Crippen molar-refractivity contribution in [3.8, 4) is 0 Å². The molecule has 2 rings (SSSR count). The maximum atomic E-state index is 5.90. The summed E-state index contributed by atoms with van der Waals surface area (Å²) < 4.78 is 0. The summed E-state index contributed by atoms with van der Waals surface area (Å²) in [6.07, 6.45) is 0. The van der Waals surface area contributed by atoms with Crippen LogP contribution in [0.25, 0.3) is 0 Å². The van der Waals surface area contributed by atoms with Gasteiger partial charge in [-0.2, -0.15) is 0 Å². The predicted octanol–water partition coefficient (Wildman–Crippen LogP) is 4.04. The fourth-order valence-electron chi connectivity index (χ4n) is 1.53. The van der Waals surface area contributed by atoms with Crippen LogP contribution in [0.1, 0.15) is 11.1 Å². The smallest absolute Gasteiger partial charge is 0.0355 e. The second-order valence-corrected chi connectivity index (χ2v) is 4.92. The molecule has 82 valence electrons. The molecule has 2 aromatic rings. The molecule has 0 heterocycles.